The van der Waals surface area contributed by atoms with Crippen molar-refractivity contribution in [1.29, 1.82) is 0 Å². The van der Waals surface area contributed by atoms with Crippen molar-refractivity contribution in [1.82, 2.24) is 19.6 Å². The molecule has 0 saturated carbocycles. The molecule has 0 aliphatic heterocycles. The topological polar surface area (TPSA) is 65.8 Å². The molecule has 2 heterocycles. The van der Waals surface area contributed by atoms with Crippen molar-refractivity contribution in [2.75, 3.05) is 0 Å². The molecule has 86 valence electrons. The summed E-state index contributed by atoms with van der Waals surface area (Å²) in [5.74, 6) is -0.459. The summed E-state index contributed by atoms with van der Waals surface area (Å²) in [6, 6.07) is 5.00. The van der Waals surface area contributed by atoms with Gasteiger partial charge in [0.25, 0.3) is 0 Å². The van der Waals surface area contributed by atoms with Crippen molar-refractivity contribution >= 4 is 22.7 Å². The third kappa shape index (κ3) is 1.72. The van der Waals surface area contributed by atoms with Crippen LogP contribution in [0.15, 0.2) is 39.8 Å². The lowest BCUT2D eigenvalue weighted by Crippen LogP contribution is -2.20. The van der Waals surface area contributed by atoms with E-state index in [1.807, 2.05) is 0 Å². The van der Waals surface area contributed by atoms with Crippen LogP contribution in [0, 0.1) is 0 Å². The minimum atomic E-state index is -0.459. The van der Waals surface area contributed by atoms with Gasteiger partial charge in [-0.05, 0) is 18.2 Å². The number of oxazole rings is 1. The van der Waals surface area contributed by atoms with E-state index < -0.39 is 5.76 Å². The molecule has 0 fully saturated rings. The van der Waals surface area contributed by atoms with Gasteiger partial charge in [0.15, 0.2) is 5.58 Å². The van der Waals surface area contributed by atoms with Gasteiger partial charge < -0.3 is 4.42 Å². The second-order valence-electron chi connectivity index (χ2n) is 3.45. The van der Waals surface area contributed by atoms with E-state index in [1.54, 1.807) is 30.6 Å². The van der Waals surface area contributed by atoms with Crippen molar-refractivity contribution < 1.29 is 4.42 Å². The molecule has 0 radical (unpaired) electrons. The summed E-state index contributed by atoms with van der Waals surface area (Å²) in [7, 11) is 0. The lowest BCUT2D eigenvalue weighted by molar-refractivity contribution is 0.440. The molecular formula is C10H7ClN4O2. The average Bonchev–Trinajstić information content (AvgIpc) is 2.90. The number of benzene rings is 1. The van der Waals surface area contributed by atoms with Crippen molar-refractivity contribution in [3.63, 3.8) is 0 Å². The summed E-state index contributed by atoms with van der Waals surface area (Å²) in [6.07, 6.45) is 3.08. The second kappa shape index (κ2) is 3.74. The third-order valence-electron chi connectivity index (χ3n) is 2.36. The van der Waals surface area contributed by atoms with Crippen LogP contribution in [0.3, 0.4) is 0 Å². The van der Waals surface area contributed by atoms with Gasteiger partial charge in [0.05, 0.1) is 17.9 Å². The van der Waals surface area contributed by atoms with Gasteiger partial charge in [0.2, 0.25) is 0 Å². The highest BCUT2D eigenvalue weighted by atomic mass is 35.5. The fourth-order valence-electron chi connectivity index (χ4n) is 1.61. The molecule has 2 aromatic heterocycles. The van der Waals surface area contributed by atoms with Gasteiger partial charge in [-0.15, -0.1) is 0 Å². The van der Waals surface area contributed by atoms with Gasteiger partial charge in [-0.25, -0.2) is 4.79 Å². The molecule has 0 aliphatic carbocycles. The van der Waals surface area contributed by atoms with Crippen LogP contribution >= 0.6 is 11.6 Å². The first-order chi connectivity index (χ1) is 8.24. The van der Waals surface area contributed by atoms with Crippen LogP contribution in [-0.4, -0.2) is 19.6 Å². The number of halogens is 1. The first-order valence-electron chi connectivity index (χ1n) is 4.87. The highest BCUT2D eigenvalue weighted by Gasteiger charge is 2.10. The molecule has 3 rings (SSSR count). The highest BCUT2D eigenvalue weighted by molar-refractivity contribution is 6.31. The second-order valence-corrected chi connectivity index (χ2v) is 3.89. The molecule has 0 aliphatic rings. The molecule has 6 nitrogen and oxygen atoms in total. The zero-order chi connectivity index (χ0) is 11.8. The minimum absolute atomic E-state index is 0.194. The van der Waals surface area contributed by atoms with Crippen molar-refractivity contribution in [3.8, 4) is 0 Å². The van der Waals surface area contributed by atoms with Gasteiger partial charge in [0, 0.05) is 5.02 Å². The minimum Gasteiger partial charge on any atom is -0.408 e. The lowest BCUT2D eigenvalue weighted by Gasteiger charge is -2.00. The first kappa shape index (κ1) is 10.1. The van der Waals surface area contributed by atoms with Crippen LogP contribution in [-0.2, 0) is 6.67 Å². The van der Waals surface area contributed by atoms with E-state index in [9.17, 15) is 4.79 Å². The molecule has 0 unspecified atom stereocenters. The molecular weight excluding hydrogens is 244 g/mol. The Bertz CT molecular complexity index is 714. The molecule has 0 bridgehead atoms. The van der Waals surface area contributed by atoms with Crippen LogP contribution in [0.5, 0.6) is 0 Å². The van der Waals surface area contributed by atoms with E-state index >= 15 is 0 Å². The summed E-state index contributed by atoms with van der Waals surface area (Å²) >= 11 is 5.89. The quantitative estimate of drug-likeness (QED) is 0.689. The Hall–Kier alpha value is -2.08. The Morgan fingerprint density at radius 3 is 2.82 bits per heavy atom. The maximum Gasteiger partial charge on any atom is 0.421 e. The maximum atomic E-state index is 11.7. The van der Waals surface area contributed by atoms with Gasteiger partial charge in [-0.1, -0.05) is 11.6 Å². The molecule has 0 saturated heterocycles. The summed E-state index contributed by atoms with van der Waals surface area (Å²) in [4.78, 5) is 13.0. The number of nitrogens with zero attached hydrogens (tertiary/aromatic N) is 4. The Kier molecular flexibility index (Phi) is 2.22. The standard InChI is InChI=1S/C10H7ClN4O2/c11-7-1-2-9-8(5-7)14(10(16)17-9)6-15-12-3-4-13-15/h1-5H,6H2. The van der Waals surface area contributed by atoms with E-state index in [1.165, 1.54) is 9.36 Å². The summed E-state index contributed by atoms with van der Waals surface area (Å²) in [6.45, 7) is 0.194. The van der Waals surface area contributed by atoms with Crippen LogP contribution in [0.1, 0.15) is 0 Å². The van der Waals surface area contributed by atoms with Crippen LogP contribution < -0.4 is 5.76 Å². The normalized spacial score (nSPS) is 11.1. The Morgan fingerprint density at radius 1 is 1.29 bits per heavy atom. The predicted octanol–water partition coefficient (Wildman–Crippen LogP) is 1.35. The molecule has 0 N–H and O–H groups in total. The van der Waals surface area contributed by atoms with Gasteiger partial charge >= 0.3 is 5.76 Å². The van der Waals surface area contributed by atoms with Crippen LogP contribution in [0.4, 0.5) is 0 Å². The molecule has 3 aromatic rings. The number of fused-ring (bicyclic) bond motifs is 1. The Labute approximate surface area is 100 Å². The van der Waals surface area contributed by atoms with Crippen molar-refractivity contribution in [3.05, 3.63) is 46.2 Å². The summed E-state index contributed by atoms with van der Waals surface area (Å²) in [5, 5.41) is 8.41. The van der Waals surface area contributed by atoms with Crippen molar-refractivity contribution in [2.24, 2.45) is 0 Å². The van der Waals surface area contributed by atoms with E-state index in [0.717, 1.165) is 0 Å². The summed E-state index contributed by atoms with van der Waals surface area (Å²) < 4.78 is 6.50. The van der Waals surface area contributed by atoms with E-state index in [0.29, 0.717) is 16.1 Å². The smallest absolute Gasteiger partial charge is 0.408 e. The lowest BCUT2D eigenvalue weighted by atomic mass is 10.3. The van der Waals surface area contributed by atoms with Gasteiger partial charge in [0.1, 0.15) is 6.67 Å². The Balaban J connectivity index is 2.17. The number of hydrogen-bond acceptors (Lipinski definition) is 4. The highest BCUT2D eigenvalue weighted by Crippen LogP contribution is 2.18. The fourth-order valence-corrected chi connectivity index (χ4v) is 1.78. The maximum absolute atomic E-state index is 11.7. The Morgan fingerprint density at radius 2 is 2.06 bits per heavy atom. The monoisotopic (exact) mass is 250 g/mol. The zero-order valence-electron chi connectivity index (χ0n) is 8.58. The molecule has 0 spiro atoms. The molecule has 17 heavy (non-hydrogen) atoms. The number of rotatable bonds is 2. The molecule has 1 aromatic carbocycles. The van der Waals surface area contributed by atoms with Gasteiger partial charge in [-0.2, -0.15) is 15.0 Å². The van der Waals surface area contributed by atoms with Gasteiger partial charge in [-0.3, -0.25) is 4.57 Å². The van der Waals surface area contributed by atoms with E-state index in [4.69, 9.17) is 16.0 Å². The van der Waals surface area contributed by atoms with E-state index in [2.05, 4.69) is 10.2 Å². The molecule has 7 heteroatoms. The van der Waals surface area contributed by atoms with E-state index in [-0.39, 0.29) is 6.67 Å². The average molecular weight is 251 g/mol. The van der Waals surface area contributed by atoms with Crippen LogP contribution in [0.2, 0.25) is 5.02 Å². The fraction of sp³-hybridized carbons (Fsp3) is 0.100. The summed E-state index contributed by atoms with van der Waals surface area (Å²) in [5.41, 5.74) is 1.12. The largest absolute Gasteiger partial charge is 0.421 e. The van der Waals surface area contributed by atoms with Crippen molar-refractivity contribution in [2.45, 2.75) is 6.67 Å². The SMILES string of the molecule is O=c1oc2ccc(Cl)cc2n1Cn1nccn1. The first-order valence-corrected chi connectivity index (χ1v) is 5.25. The third-order valence-corrected chi connectivity index (χ3v) is 2.60. The van der Waals surface area contributed by atoms with Crippen LogP contribution in [0.25, 0.3) is 11.1 Å². The number of hydrogen-bond donors (Lipinski definition) is 0. The molecule has 0 amide bonds. The molecule has 0 atom stereocenters. The number of aromatic nitrogens is 4. The zero-order valence-corrected chi connectivity index (χ0v) is 9.33. The predicted molar refractivity (Wildman–Crippen MR) is 60.9 cm³/mol.